The van der Waals surface area contributed by atoms with Crippen LogP contribution in [0.2, 0.25) is 0 Å². The van der Waals surface area contributed by atoms with Crippen molar-refractivity contribution in [2.75, 3.05) is 25.0 Å². The summed E-state index contributed by atoms with van der Waals surface area (Å²) in [5.74, 6) is 0.124. The molecule has 1 heterocycles. The van der Waals surface area contributed by atoms with Gasteiger partial charge in [-0.05, 0) is 63.0 Å². The molecule has 1 fully saturated rings. The van der Waals surface area contributed by atoms with Crippen LogP contribution in [-0.4, -0.2) is 30.4 Å². The fourth-order valence-electron chi connectivity index (χ4n) is 2.89. The number of rotatable bonds is 4. The number of nitrogens with zero attached hydrogens (tertiary/aromatic N) is 1. The minimum atomic E-state index is 0.124. The minimum absolute atomic E-state index is 0.124. The number of anilines is 1. The van der Waals surface area contributed by atoms with Gasteiger partial charge in [0, 0.05) is 18.7 Å². The van der Waals surface area contributed by atoms with E-state index >= 15 is 0 Å². The number of amides is 1. The molecule has 110 valence electrons. The molecular formula is C17H26N2O. The first kappa shape index (κ1) is 15.0. The fourth-order valence-corrected chi connectivity index (χ4v) is 2.89. The van der Waals surface area contributed by atoms with Crippen molar-refractivity contribution in [3.63, 3.8) is 0 Å². The number of nitrogens with one attached hydrogen (secondary N) is 1. The van der Waals surface area contributed by atoms with Gasteiger partial charge in [-0.25, -0.2) is 0 Å². The molecule has 0 atom stereocenters. The van der Waals surface area contributed by atoms with Crippen molar-refractivity contribution in [1.82, 2.24) is 4.90 Å². The highest BCUT2D eigenvalue weighted by Crippen LogP contribution is 2.14. The van der Waals surface area contributed by atoms with Gasteiger partial charge in [0.15, 0.2) is 0 Å². The highest BCUT2D eigenvalue weighted by Gasteiger charge is 2.11. The zero-order valence-corrected chi connectivity index (χ0v) is 12.7. The van der Waals surface area contributed by atoms with Gasteiger partial charge in [-0.1, -0.05) is 18.9 Å². The Morgan fingerprint density at radius 1 is 1.05 bits per heavy atom. The standard InChI is InChI=1S/C17H26N2O/c1-14-11-15(2)13-16(12-14)18-17(20)7-10-19-8-5-3-4-6-9-19/h11-13H,3-10H2,1-2H3,(H,18,20). The zero-order chi connectivity index (χ0) is 14.4. The van der Waals surface area contributed by atoms with Gasteiger partial charge < -0.3 is 10.2 Å². The molecular weight excluding hydrogens is 248 g/mol. The lowest BCUT2D eigenvalue weighted by atomic mass is 10.1. The zero-order valence-electron chi connectivity index (χ0n) is 12.7. The predicted molar refractivity (Wildman–Crippen MR) is 84.1 cm³/mol. The van der Waals surface area contributed by atoms with Gasteiger partial charge in [0.1, 0.15) is 0 Å². The maximum Gasteiger partial charge on any atom is 0.225 e. The van der Waals surface area contributed by atoms with Gasteiger partial charge in [0.25, 0.3) is 0 Å². The molecule has 1 aliphatic heterocycles. The van der Waals surface area contributed by atoms with Crippen molar-refractivity contribution in [3.8, 4) is 0 Å². The third-order valence-electron chi connectivity index (χ3n) is 3.86. The first-order chi connectivity index (χ1) is 9.63. The van der Waals surface area contributed by atoms with Gasteiger partial charge in [-0.3, -0.25) is 4.79 Å². The maximum atomic E-state index is 12.0. The summed E-state index contributed by atoms with van der Waals surface area (Å²) in [6.45, 7) is 7.30. The lowest BCUT2D eigenvalue weighted by Gasteiger charge is -2.19. The smallest absolute Gasteiger partial charge is 0.225 e. The van der Waals surface area contributed by atoms with Crippen LogP contribution in [-0.2, 0) is 4.79 Å². The van der Waals surface area contributed by atoms with E-state index in [0.717, 1.165) is 25.3 Å². The van der Waals surface area contributed by atoms with Crippen molar-refractivity contribution in [2.45, 2.75) is 46.0 Å². The number of carbonyl (C=O) groups is 1. The monoisotopic (exact) mass is 274 g/mol. The van der Waals surface area contributed by atoms with E-state index < -0.39 is 0 Å². The van der Waals surface area contributed by atoms with E-state index in [4.69, 9.17) is 0 Å². The number of hydrogen-bond donors (Lipinski definition) is 1. The summed E-state index contributed by atoms with van der Waals surface area (Å²) in [4.78, 5) is 14.5. The second-order valence-electron chi connectivity index (χ2n) is 5.93. The number of benzene rings is 1. The fraction of sp³-hybridized carbons (Fsp3) is 0.588. The van der Waals surface area contributed by atoms with Crippen LogP contribution >= 0.6 is 0 Å². The Morgan fingerprint density at radius 2 is 1.65 bits per heavy atom. The lowest BCUT2D eigenvalue weighted by Crippen LogP contribution is -2.28. The summed E-state index contributed by atoms with van der Waals surface area (Å²) < 4.78 is 0. The SMILES string of the molecule is Cc1cc(C)cc(NC(=O)CCN2CCCCCC2)c1. The third-order valence-corrected chi connectivity index (χ3v) is 3.86. The molecule has 0 radical (unpaired) electrons. The van der Waals surface area contributed by atoms with Crippen LogP contribution in [0.25, 0.3) is 0 Å². The Kier molecular flexibility index (Phi) is 5.60. The molecule has 0 saturated carbocycles. The molecule has 0 aliphatic carbocycles. The van der Waals surface area contributed by atoms with Crippen molar-refractivity contribution in [1.29, 1.82) is 0 Å². The van der Waals surface area contributed by atoms with Crippen LogP contribution in [0.1, 0.15) is 43.2 Å². The Labute approximate surface area is 122 Å². The van der Waals surface area contributed by atoms with E-state index in [1.54, 1.807) is 0 Å². The van der Waals surface area contributed by atoms with Gasteiger partial charge in [-0.2, -0.15) is 0 Å². The number of carbonyl (C=O) groups excluding carboxylic acids is 1. The molecule has 1 aliphatic rings. The van der Waals surface area contributed by atoms with E-state index in [1.165, 1.54) is 36.8 Å². The molecule has 0 unspecified atom stereocenters. The third kappa shape index (κ3) is 4.97. The average molecular weight is 274 g/mol. The highest BCUT2D eigenvalue weighted by molar-refractivity contribution is 5.91. The van der Waals surface area contributed by atoms with Crippen LogP contribution < -0.4 is 5.32 Å². The topological polar surface area (TPSA) is 32.3 Å². The number of aryl methyl sites for hydroxylation is 2. The summed E-state index contributed by atoms with van der Waals surface area (Å²) in [6.07, 6.45) is 5.82. The summed E-state index contributed by atoms with van der Waals surface area (Å²) in [7, 11) is 0. The Hall–Kier alpha value is -1.35. The molecule has 0 spiro atoms. The molecule has 0 aromatic heterocycles. The van der Waals surface area contributed by atoms with Crippen molar-refractivity contribution in [3.05, 3.63) is 29.3 Å². The molecule has 1 amide bonds. The molecule has 0 bridgehead atoms. The van der Waals surface area contributed by atoms with Crippen LogP contribution in [0, 0.1) is 13.8 Å². The molecule has 1 N–H and O–H groups in total. The molecule has 3 heteroatoms. The van der Waals surface area contributed by atoms with E-state index in [1.807, 2.05) is 12.1 Å². The molecule has 1 aromatic carbocycles. The minimum Gasteiger partial charge on any atom is -0.326 e. The van der Waals surface area contributed by atoms with E-state index in [2.05, 4.69) is 30.1 Å². The van der Waals surface area contributed by atoms with Crippen LogP contribution in [0.3, 0.4) is 0 Å². The second-order valence-corrected chi connectivity index (χ2v) is 5.93. The predicted octanol–water partition coefficient (Wildman–Crippen LogP) is 3.51. The normalized spacial score (nSPS) is 16.7. The summed E-state index contributed by atoms with van der Waals surface area (Å²) in [6, 6.07) is 6.17. The van der Waals surface area contributed by atoms with Crippen LogP contribution in [0.5, 0.6) is 0 Å². The highest BCUT2D eigenvalue weighted by atomic mass is 16.1. The van der Waals surface area contributed by atoms with Gasteiger partial charge in [0.05, 0.1) is 0 Å². The Bertz CT molecular complexity index is 428. The maximum absolute atomic E-state index is 12.0. The lowest BCUT2D eigenvalue weighted by molar-refractivity contribution is -0.116. The summed E-state index contributed by atoms with van der Waals surface area (Å²) in [5, 5.41) is 3.01. The van der Waals surface area contributed by atoms with Gasteiger partial charge in [-0.15, -0.1) is 0 Å². The number of hydrogen-bond acceptors (Lipinski definition) is 2. The average Bonchev–Trinajstić information content (AvgIpc) is 2.63. The second kappa shape index (κ2) is 7.44. The molecule has 20 heavy (non-hydrogen) atoms. The van der Waals surface area contributed by atoms with Crippen molar-refractivity contribution in [2.24, 2.45) is 0 Å². The van der Waals surface area contributed by atoms with E-state index in [9.17, 15) is 4.79 Å². The summed E-state index contributed by atoms with van der Waals surface area (Å²) >= 11 is 0. The molecule has 3 nitrogen and oxygen atoms in total. The quantitative estimate of drug-likeness (QED) is 0.911. The molecule has 2 rings (SSSR count). The van der Waals surface area contributed by atoms with Crippen molar-refractivity contribution < 1.29 is 4.79 Å². The Balaban J connectivity index is 1.79. The van der Waals surface area contributed by atoms with Gasteiger partial charge in [0.2, 0.25) is 5.91 Å². The largest absolute Gasteiger partial charge is 0.326 e. The molecule has 1 saturated heterocycles. The molecule has 1 aromatic rings. The van der Waals surface area contributed by atoms with Crippen molar-refractivity contribution >= 4 is 11.6 Å². The van der Waals surface area contributed by atoms with E-state index in [0.29, 0.717) is 6.42 Å². The number of likely N-dealkylation sites (tertiary alicyclic amines) is 1. The first-order valence-electron chi connectivity index (χ1n) is 7.74. The first-order valence-corrected chi connectivity index (χ1v) is 7.74. The summed E-state index contributed by atoms with van der Waals surface area (Å²) in [5.41, 5.74) is 3.30. The van der Waals surface area contributed by atoms with Crippen LogP contribution in [0.4, 0.5) is 5.69 Å². The van der Waals surface area contributed by atoms with Crippen LogP contribution in [0.15, 0.2) is 18.2 Å². The van der Waals surface area contributed by atoms with Gasteiger partial charge >= 0.3 is 0 Å². The van der Waals surface area contributed by atoms with E-state index in [-0.39, 0.29) is 5.91 Å². The Morgan fingerprint density at radius 3 is 2.25 bits per heavy atom.